The summed E-state index contributed by atoms with van der Waals surface area (Å²) in [6.07, 6.45) is 1.99. The third kappa shape index (κ3) is 4.41. The van der Waals surface area contributed by atoms with E-state index in [1.54, 1.807) is 0 Å². The van der Waals surface area contributed by atoms with Crippen LogP contribution in [0.25, 0.3) is 0 Å². The van der Waals surface area contributed by atoms with E-state index in [-0.39, 0.29) is 29.8 Å². The molecule has 0 spiro atoms. The fourth-order valence-electron chi connectivity index (χ4n) is 2.41. The van der Waals surface area contributed by atoms with Crippen LogP contribution in [-0.2, 0) is 19.9 Å². The van der Waals surface area contributed by atoms with Gasteiger partial charge in [0.2, 0.25) is 10.0 Å². The van der Waals surface area contributed by atoms with Crippen LogP contribution >= 0.6 is 0 Å². The van der Waals surface area contributed by atoms with E-state index in [1.165, 1.54) is 0 Å². The molecular formula is C12H26N2O4S2. The number of sulfone groups is 1. The molecule has 0 aromatic heterocycles. The van der Waals surface area contributed by atoms with Crippen molar-refractivity contribution < 1.29 is 16.8 Å². The zero-order valence-corrected chi connectivity index (χ0v) is 13.9. The molecule has 0 bridgehead atoms. The molecule has 1 aliphatic heterocycles. The van der Waals surface area contributed by atoms with Crippen molar-refractivity contribution in [2.75, 3.05) is 24.6 Å². The summed E-state index contributed by atoms with van der Waals surface area (Å²) in [7, 11) is -6.51. The van der Waals surface area contributed by atoms with Gasteiger partial charge in [-0.2, -0.15) is 0 Å². The molecule has 20 heavy (non-hydrogen) atoms. The van der Waals surface area contributed by atoms with Crippen LogP contribution in [0.3, 0.4) is 0 Å². The molecule has 1 fully saturated rings. The normalized spacial score (nSPS) is 20.9. The number of hydrogen-bond acceptors (Lipinski definition) is 5. The number of sulfonamides is 1. The summed E-state index contributed by atoms with van der Waals surface area (Å²) in [6.45, 7) is 4.75. The second-order valence-electron chi connectivity index (χ2n) is 5.63. The maximum Gasteiger partial charge on any atom is 0.214 e. The molecule has 1 saturated heterocycles. The molecule has 1 heterocycles. The zero-order chi connectivity index (χ0) is 15.4. The van der Waals surface area contributed by atoms with E-state index in [0.717, 1.165) is 12.8 Å². The Morgan fingerprint density at radius 2 is 1.70 bits per heavy atom. The SMILES string of the molecule is CCC(CC)(CN)CNS(=O)(=O)C1CCS(=O)(=O)CC1. The van der Waals surface area contributed by atoms with Gasteiger partial charge >= 0.3 is 0 Å². The van der Waals surface area contributed by atoms with Crippen molar-refractivity contribution in [2.45, 2.75) is 44.8 Å². The van der Waals surface area contributed by atoms with Crippen molar-refractivity contribution in [1.29, 1.82) is 0 Å². The molecule has 0 amide bonds. The van der Waals surface area contributed by atoms with Crippen molar-refractivity contribution in [2.24, 2.45) is 11.1 Å². The van der Waals surface area contributed by atoms with Crippen molar-refractivity contribution in [3.05, 3.63) is 0 Å². The van der Waals surface area contributed by atoms with Gasteiger partial charge in [0.15, 0.2) is 0 Å². The van der Waals surface area contributed by atoms with E-state index >= 15 is 0 Å². The monoisotopic (exact) mass is 326 g/mol. The largest absolute Gasteiger partial charge is 0.330 e. The lowest BCUT2D eigenvalue weighted by Crippen LogP contribution is -2.46. The van der Waals surface area contributed by atoms with Crippen LogP contribution < -0.4 is 10.5 Å². The van der Waals surface area contributed by atoms with Crippen LogP contribution in [0.5, 0.6) is 0 Å². The molecule has 1 rings (SSSR count). The van der Waals surface area contributed by atoms with E-state index in [0.29, 0.717) is 13.1 Å². The average molecular weight is 326 g/mol. The molecule has 0 radical (unpaired) electrons. The lowest BCUT2D eigenvalue weighted by atomic mass is 9.83. The van der Waals surface area contributed by atoms with Gasteiger partial charge in [-0.15, -0.1) is 0 Å². The molecule has 0 aliphatic carbocycles. The van der Waals surface area contributed by atoms with Crippen LogP contribution in [0.4, 0.5) is 0 Å². The highest BCUT2D eigenvalue weighted by molar-refractivity contribution is 7.92. The van der Waals surface area contributed by atoms with Gasteiger partial charge in [0.05, 0.1) is 16.8 Å². The van der Waals surface area contributed by atoms with E-state index < -0.39 is 25.1 Å². The van der Waals surface area contributed by atoms with Gasteiger partial charge in [-0.3, -0.25) is 0 Å². The molecular weight excluding hydrogens is 300 g/mol. The smallest absolute Gasteiger partial charge is 0.214 e. The van der Waals surface area contributed by atoms with Crippen molar-refractivity contribution in [1.82, 2.24) is 4.72 Å². The minimum absolute atomic E-state index is 0.0395. The summed E-state index contributed by atoms with van der Waals surface area (Å²) in [4.78, 5) is 0. The topological polar surface area (TPSA) is 106 Å². The van der Waals surface area contributed by atoms with E-state index in [2.05, 4.69) is 4.72 Å². The first-order valence-electron chi connectivity index (χ1n) is 7.09. The van der Waals surface area contributed by atoms with Gasteiger partial charge in [-0.1, -0.05) is 13.8 Å². The Hall–Kier alpha value is -0.180. The maximum atomic E-state index is 12.2. The third-order valence-electron chi connectivity index (χ3n) is 4.52. The van der Waals surface area contributed by atoms with Crippen molar-refractivity contribution >= 4 is 19.9 Å². The zero-order valence-electron chi connectivity index (χ0n) is 12.3. The molecule has 8 heteroatoms. The second-order valence-corrected chi connectivity index (χ2v) is 9.98. The lowest BCUT2D eigenvalue weighted by molar-refractivity contribution is 0.274. The lowest BCUT2D eigenvalue weighted by Gasteiger charge is -2.31. The molecule has 6 nitrogen and oxygen atoms in total. The fraction of sp³-hybridized carbons (Fsp3) is 1.00. The van der Waals surface area contributed by atoms with Crippen LogP contribution in [0.1, 0.15) is 39.5 Å². The first kappa shape index (κ1) is 17.9. The Labute approximate surface area is 122 Å². The Morgan fingerprint density at radius 1 is 1.20 bits per heavy atom. The molecule has 0 saturated carbocycles. The van der Waals surface area contributed by atoms with E-state index in [9.17, 15) is 16.8 Å². The minimum atomic E-state index is -3.47. The summed E-state index contributed by atoms with van der Waals surface area (Å²) in [5.41, 5.74) is 5.54. The average Bonchev–Trinajstić information content (AvgIpc) is 2.40. The first-order chi connectivity index (χ1) is 9.20. The summed E-state index contributed by atoms with van der Waals surface area (Å²) < 4.78 is 49.8. The predicted octanol–water partition coefficient (Wildman–Crippen LogP) is 0.248. The minimum Gasteiger partial charge on any atom is -0.330 e. The number of rotatable bonds is 7. The quantitative estimate of drug-likeness (QED) is 0.697. The van der Waals surface area contributed by atoms with Gasteiger partial charge in [0.1, 0.15) is 9.84 Å². The van der Waals surface area contributed by atoms with E-state index in [1.807, 2.05) is 13.8 Å². The Bertz CT molecular complexity index is 487. The van der Waals surface area contributed by atoms with Gasteiger partial charge in [0.25, 0.3) is 0 Å². The highest BCUT2D eigenvalue weighted by Gasteiger charge is 2.34. The molecule has 3 N–H and O–H groups in total. The number of nitrogens with two attached hydrogens (primary N) is 1. The van der Waals surface area contributed by atoms with Crippen molar-refractivity contribution in [3.63, 3.8) is 0 Å². The Morgan fingerprint density at radius 3 is 2.10 bits per heavy atom. The second kappa shape index (κ2) is 6.72. The molecule has 0 aromatic carbocycles. The highest BCUT2D eigenvalue weighted by Crippen LogP contribution is 2.25. The van der Waals surface area contributed by atoms with Crippen LogP contribution in [0, 0.1) is 5.41 Å². The van der Waals surface area contributed by atoms with Crippen molar-refractivity contribution in [3.8, 4) is 0 Å². The van der Waals surface area contributed by atoms with Gasteiger partial charge in [0, 0.05) is 6.54 Å². The molecule has 0 unspecified atom stereocenters. The summed E-state index contributed by atoms with van der Waals surface area (Å²) in [6, 6.07) is 0. The summed E-state index contributed by atoms with van der Waals surface area (Å²) >= 11 is 0. The standard InChI is InChI=1S/C12H26N2O4S2/c1-3-12(4-2,9-13)10-14-20(17,18)11-5-7-19(15,16)8-6-11/h11,14H,3-10,13H2,1-2H3. The highest BCUT2D eigenvalue weighted by atomic mass is 32.2. The number of hydrogen-bond donors (Lipinski definition) is 2. The molecule has 0 atom stereocenters. The summed E-state index contributed by atoms with van der Waals surface area (Å²) in [5, 5.41) is -0.602. The van der Waals surface area contributed by atoms with Gasteiger partial charge in [-0.05, 0) is 37.6 Å². The van der Waals surface area contributed by atoms with Crippen LogP contribution in [-0.4, -0.2) is 46.7 Å². The Balaban J connectivity index is 2.67. The number of nitrogens with one attached hydrogen (secondary N) is 1. The van der Waals surface area contributed by atoms with E-state index in [4.69, 9.17) is 5.73 Å². The summed E-state index contributed by atoms with van der Waals surface area (Å²) in [5.74, 6) is -0.0790. The third-order valence-corrected chi connectivity index (χ3v) is 8.13. The predicted molar refractivity (Wildman–Crippen MR) is 80.7 cm³/mol. The molecule has 0 aromatic rings. The fourth-order valence-corrected chi connectivity index (χ4v) is 5.80. The van der Waals surface area contributed by atoms with Crippen LogP contribution in [0.2, 0.25) is 0 Å². The maximum absolute atomic E-state index is 12.2. The molecule has 1 aliphatic rings. The van der Waals surface area contributed by atoms with Gasteiger partial charge < -0.3 is 5.73 Å². The van der Waals surface area contributed by atoms with Gasteiger partial charge in [-0.25, -0.2) is 21.6 Å². The van der Waals surface area contributed by atoms with Crippen LogP contribution in [0.15, 0.2) is 0 Å². The Kier molecular flexibility index (Phi) is 6.01. The molecule has 120 valence electrons. The first-order valence-corrected chi connectivity index (χ1v) is 10.5.